The molecule has 38 heavy (non-hydrogen) atoms. The number of aliphatic hydroxyl groups is 1. The third-order valence-electron chi connectivity index (χ3n) is 6.45. The first kappa shape index (κ1) is 25.3. The van der Waals surface area contributed by atoms with E-state index in [9.17, 15) is 14.7 Å². The van der Waals surface area contributed by atoms with E-state index < -0.39 is 17.7 Å². The maximum Gasteiger partial charge on any atom is 0.295 e. The van der Waals surface area contributed by atoms with E-state index >= 15 is 0 Å². The molecule has 1 atom stereocenters. The number of carbonyl (C=O) groups is 2. The molecule has 3 aromatic carbocycles. The first-order valence-electron chi connectivity index (χ1n) is 12.3. The molecule has 192 valence electrons. The first-order chi connectivity index (χ1) is 18.5. The number of ketones is 1. The van der Waals surface area contributed by atoms with Crippen molar-refractivity contribution in [3.63, 3.8) is 0 Å². The molecule has 4 aromatic rings. The van der Waals surface area contributed by atoms with Crippen LogP contribution in [-0.2, 0) is 22.7 Å². The number of aromatic nitrogens is 2. The Kier molecular flexibility index (Phi) is 7.56. The van der Waals surface area contributed by atoms with Gasteiger partial charge in [-0.1, -0.05) is 54.1 Å². The van der Waals surface area contributed by atoms with Crippen LogP contribution in [0.1, 0.15) is 29.2 Å². The molecule has 1 fully saturated rings. The van der Waals surface area contributed by atoms with E-state index in [1.165, 1.54) is 4.90 Å². The third-order valence-corrected chi connectivity index (χ3v) is 6.71. The van der Waals surface area contributed by atoms with Crippen molar-refractivity contribution in [3.8, 4) is 5.75 Å². The summed E-state index contributed by atoms with van der Waals surface area (Å²) >= 11 is 6.02. The number of rotatable bonds is 9. The molecule has 1 aromatic heterocycles. The van der Waals surface area contributed by atoms with Crippen LogP contribution in [0.4, 0.5) is 0 Å². The van der Waals surface area contributed by atoms with Crippen LogP contribution < -0.4 is 4.74 Å². The van der Waals surface area contributed by atoms with Crippen LogP contribution in [0, 0.1) is 0 Å². The van der Waals surface area contributed by atoms with Crippen molar-refractivity contribution < 1.29 is 19.4 Å². The van der Waals surface area contributed by atoms with Gasteiger partial charge in [-0.2, -0.15) is 0 Å². The maximum atomic E-state index is 13.3. The summed E-state index contributed by atoms with van der Waals surface area (Å²) in [6.45, 7) is 1.33. The van der Waals surface area contributed by atoms with Gasteiger partial charge in [0, 0.05) is 36.1 Å². The Morgan fingerprint density at radius 3 is 2.50 bits per heavy atom. The molecule has 0 saturated carbocycles. The van der Waals surface area contributed by atoms with Gasteiger partial charge in [0.15, 0.2) is 0 Å². The number of carbonyl (C=O) groups excluding carboxylic acids is 2. The van der Waals surface area contributed by atoms with Gasteiger partial charge in [-0.25, -0.2) is 4.98 Å². The van der Waals surface area contributed by atoms with Gasteiger partial charge in [0.05, 0.1) is 17.9 Å². The molecule has 1 amide bonds. The predicted molar refractivity (Wildman–Crippen MR) is 145 cm³/mol. The lowest BCUT2D eigenvalue weighted by Crippen LogP contribution is -2.31. The number of amides is 1. The normalized spacial score (nSPS) is 16.7. The molecular formula is C30H26ClN3O4. The quantitative estimate of drug-likeness (QED) is 0.173. The second kappa shape index (κ2) is 11.4. The van der Waals surface area contributed by atoms with Crippen LogP contribution in [-0.4, -0.2) is 37.8 Å². The smallest absolute Gasteiger partial charge is 0.295 e. The van der Waals surface area contributed by atoms with Crippen molar-refractivity contribution in [2.75, 3.05) is 6.54 Å². The second-order valence-electron chi connectivity index (χ2n) is 9.00. The fraction of sp³-hybridized carbons (Fsp3) is 0.167. The lowest BCUT2D eigenvalue weighted by molar-refractivity contribution is -0.139. The van der Waals surface area contributed by atoms with Crippen LogP contribution in [0.2, 0.25) is 5.02 Å². The number of benzene rings is 3. The molecule has 1 unspecified atom stereocenters. The van der Waals surface area contributed by atoms with Crippen molar-refractivity contribution in [1.29, 1.82) is 0 Å². The molecule has 0 radical (unpaired) electrons. The number of aryl methyl sites for hydroxylation is 1. The lowest BCUT2D eigenvalue weighted by Gasteiger charge is -2.26. The average molecular weight is 528 g/mol. The average Bonchev–Trinajstić information content (AvgIpc) is 3.55. The Morgan fingerprint density at radius 1 is 0.974 bits per heavy atom. The first-order valence-corrected chi connectivity index (χ1v) is 12.7. The number of hydrogen-bond donors (Lipinski definition) is 1. The number of ether oxygens (including phenoxy) is 1. The number of halogens is 1. The van der Waals surface area contributed by atoms with Crippen molar-refractivity contribution in [2.45, 2.75) is 25.6 Å². The summed E-state index contributed by atoms with van der Waals surface area (Å²) in [5.74, 6) is -1.01. The zero-order chi connectivity index (χ0) is 26.5. The van der Waals surface area contributed by atoms with Crippen LogP contribution >= 0.6 is 11.6 Å². The Bertz CT molecular complexity index is 1450. The summed E-state index contributed by atoms with van der Waals surface area (Å²) in [6.07, 6.45) is 5.85. The minimum atomic E-state index is -0.770. The van der Waals surface area contributed by atoms with Crippen LogP contribution in [0.3, 0.4) is 0 Å². The highest BCUT2D eigenvalue weighted by molar-refractivity contribution is 6.46. The van der Waals surface area contributed by atoms with Crippen molar-refractivity contribution in [3.05, 3.63) is 125 Å². The van der Waals surface area contributed by atoms with E-state index in [0.717, 1.165) is 5.56 Å². The summed E-state index contributed by atoms with van der Waals surface area (Å²) in [4.78, 5) is 32.1. The summed E-state index contributed by atoms with van der Waals surface area (Å²) in [5, 5.41) is 11.7. The fourth-order valence-corrected chi connectivity index (χ4v) is 4.70. The third kappa shape index (κ3) is 5.48. The number of Topliss-reactive ketones (excluding diaryl/α,β-unsaturated/α-hetero) is 1. The van der Waals surface area contributed by atoms with E-state index in [1.54, 1.807) is 36.8 Å². The molecular weight excluding hydrogens is 502 g/mol. The van der Waals surface area contributed by atoms with Gasteiger partial charge in [-0.05, 0) is 53.9 Å². The van der Waals surface area contributed by atoms with Crippen LogP contribution in [0.25, 0.3) is 5.76 Å². The summed E-state index contributed by atoms with van der Waals surface area (Å²) in [5.41, 5.74) is 2.14. The summed E-state index contributed by atoms with van der Waals surface area (Å²) < 4.78 is 7.93. The zero-order valence-corrected chi connectivity index (χ0v) is 21.3. The molecule has 0 spiro atoms. The summed E-state index contributed by atoms with van der Waals surface area (Å²) in [7, 11) is 0. The van der Waals surface area contributed by atoms with Gasteiger partial charge in [-0.15, -0.1) is 0 Å². The number of nitrogens with zero attached hydrogens (tertiary/aromatic N) is 3. The molecule has 1 saturated heterocycles. The largest absolute Gasteiger partial charge is 0.507 e. The lowest BCUT2D eigenvalue weighted by atomic mass is 9.95. The van der Waals surface area contributed by atoms with Crippen LogP contribution in [0.5, 0.6) is 5.75 Å². The number of imidazole rings is 1. The standard InChI is InChI=1S/C30H26ClN3O4/c31-24-12-10-22(11-13-24)28(35)26-27(34(30(37)29(26)36)16-5-15-33-17-14-32-20-33)23-8-4-9-25(18-23)38-19-21-6-2-1-3-7-21/h1-4,6-14,17-18,20,27,35H,5,15-16,19H2. The summed E-state index contributed by atoms with van der Waals surface area (Å²) in [6, 6.07) is 22.8. The molecule has 5 rings (SSSR count). The topological polar surface area (TPSA) is 84.7 Å². The van der Waals surface area contributed by atoms with Gasteiger partial charge >= 0.3 is 0 Å². The Balaban J connectivity index is 1.49. The molecule has 1 aliphatic heterocycles. The van der Waals surface area contributed by atoms with Crippen molar-refractivity contribution in [1.82, 2.24) is 14.5 Å². The highest BCUT2D eigenvalue weighted by atomic mass is 35.5. The monoisotopic (exact) mass is 527 g/mol. The van der Waals surface area contributed by atoms with E-state index in [2.05, 4.69) is 4.98 Å². The number of hydrogen-bond acceptors (Lipinski definition) is 5. The molecule has 2 heterocycles. The van der Waals surface area contributed by atoms with Gasteiger partial charge in [0.25, 0.3) is 11.7 Å². The minimum Gasteiger partial charge on any atom is -0.507 e. The molecule has 1 aliphatic rings. The fourth-order valence-electron chi connectivity index (χ4n) is 4.58. The van der Waals surface area contributed by atoms with E-state index in [1.807, 2.05) is 65.4 Å². The van der Waals surface area contributed by atoms with Gasteiger partial charge in [-0.3, -0.25) is 9.59 Å². The highest BCUT2D eigenvalue weighted by Crippen LogP contribution is 2.40. The van der Waals surface area contributed by atoms with E-state index in [4.69, 9.17) is 16.3 Å². The van der Waals surface area contributed by atoms with Gasteiger partial charge < -0.3 is 19.3 Å². The number of aliphatic hydroxyl groups excluding tert-OH is 1. The maximum absolute atomic E-state index is 13.3. The molecule has 0 aliphatic carbocycles. The second-order valence-corrected chi connectivity index (χ2v) is 9.44. The van der Waals surface area contributed by atoms with Crippen LogP contribution in [0.15, 0.2) is 103 Å². The zero-order valence-electron chi connectivity index (χ0n) is 20.5. The highest BCUT2D eigenvalue weighted by Gasteiger charge is 2.45. The molecule has 7 nitrogen and oxygen atoms in total. The molecule has 8 heteroatoms. The SMILES string of the molecule is O=C1C(=O)N(CCCn2ccnc2)C(c2cccc(OCc3ccccc3)c2)C1=C(O)c1ccc(Cl)cc1. The Morgan fingerprint density at radius 2 is 1.76 bits per heavy atom. The number of likely N-dealkylation sites (tertiary alicyclic amines) is 1. The van der Waals surface area contributed by atoms with Gasteiger partial charge in [0.2, 0.25) is 0 Å². The van der Waals surface area contributed by atoms with Gasteiger partial charge in [0.1, 0.15) is 18.1 Å². The van der Waals surface area contributed by atoms with Crippen molar-refractivity contribution >= 4 is 29.1 Å². The van der Waals surface area contributed by atoms with E-state index in [0.29, 0.717) is 48.0 Å². The molecule has 0 bridgehead atoms. The minimum absolute atomic E-state index is 0.0418. The Labute approximate surface area is 225 Å². The van der Waals surface area contributed by atoms with E-state index in [-0.39, 0.29) is 11.3 Å². The Hall–Kier alpha value is -4.36. The predicted octanol–water partition coefficient (Wildman–Crippen LogP) is 5.63. The molecule has 1 N–H and O–H groups in total. The van der Waals surface area contributed by atoms with Crippen molar-refractivity contribution in [2.24, 2.45) is 0 Å².